The number of rotatable bonds is 10. The lowest BCUT2D eigenvalue weighted by Gasteiger charge is -2.30. The van der Waals surface area contributed by atoms with E-state index in [2.05, 4.69) is 58.3 Å². The summed E-state index contributed by atoms with van der Waals surface area (Å²) >= 11 is 0. The molecule has 0 fully saturated rings. The van der Waals surface area contributed by atoms with Gasteiger partial charge in [0.05, 0.1) is 11.4 Å². The van der Waals surface area contributed by atoms with Gasteiger partial charge in [0.1, 0.15) is 34.9 Å². The Balaban J connectivity index is 1.10. The molecule has 0 heterocycles. The molecule has 0 saturated carbocycles. The van der Waals surface area contributed by atoms with Crippen molar-refractivity contribution in [1.82, 2.24) is 0 Å². The molecule has 12 aromatic carbocycles. The van der Waals surface area contributed by atoms with E-state index in [1.807, 2.05) is 36.4 Å². The molecule has 346 valence electrons. The van der Waals surface area contributed by atoms with Gasteiger partial charge in [0.15, 0.2) is 0 Å². The van der Waals surface area contributed by atoms with Crippen molar-refractivity contribution in [3.63, 3.8) is 0 Å². The van der Waals surface area contributed by atoms with E-state index in [4.69, 9.17) is 0 Å². The molecule has 0 aliphatic carbocycles. The van der Waals surface area contributed by atoms with Crippen LogP contribution in [0.25, 0.3) is 76.8 Å². The molecule has 0 N–H and O–H groups in total. The number of anilines is 6. The zero-order chi connectivity index (χ0) is 49.0. The van der Waals surface area contributed by atoms with Gasteiger partial charge in [0.25, 0.3) is 0 Å². The first-order chi connectivity index (χ1) is 35.1. The molecule has 0 spiro atoms. The van der Waals surface area contributed by atoms with Crippen LogP contribution in [0.2, 0.25) is 0 Å². The van der Waals surface area contributed by atoms with Crippen molar-refractivity contribution < 1.29 is 26.3 Å². The van der Waals surface area contributed by atoms with Crippen LogP contribution in [0.3, 0.4) is 0 Å². The van der Waals surface area contributed by atoms with Gasteiger partial charge in [-0.25, -0.2) is 26.3 Å². The Bertz CT molecular complexity index is 3560. The van der Waals surface area contributed by atoms with Gasteiger partial charge < -0.3 is 9.80 Å². The number of nitrogens with zero attached hydrogens (tertiary/aromatic N) is 2. The number of hydrogen-bond acceptors (Lipinski definition) is 2. The summed E-state index contributed by atoms with van der Waals surface area (Å²) in [7, 11) is 0. The highest BCUT2D eigenvalue weighted by Gasteiger charge is 2.24. The Morgan fingerprint density at radius 3 is 0.736 bits per heavy atom. The molecule has 0 unspecified atom stereocenters. The van der Waals surface area contributed by atoms with Gasteiger partial charge >= 0.3 is 0 Å². The Morgan fingerprint density at radius 2 is 0.458 bits per heavy atom. The smallest absolute Gasteiger partial charge is 0.123 e. The molecular formula is C64H38F6N2. The topological polar surface area (TPSA) is 6.48 Å². The predicted octanol–water partition coefficient (Wildman–Crippen LogP) is 19.0. The molecule has 0 radical (unpaired) electrons. The third-order valence-electron chi connectivity index (χ3n) is 13.3. The Morgan fingerprint density at radius 1 is 0.208 bits per heavy atom. The molecule has 0 saturated heterocycles. The summed E-state index contributed by atoms with van der Waals surface area (Å²) in [6.45, 7) is 0. The van der Waals surface area contributed by atoms with E-state index >= 15 is 0 Å². The van der Waals surface area contributed by atoms with Gasteiger partial charge in [-0.05, 0) is 212 Å². The van der Waals surface area contributed by atoms with Crippen LogP contribution in [0.1, 0.15) is 0 Å². The summed E-state index contributed by atoms with van der Waals surface area (Å²) in [6, 6.07) is 66.3. The highest BCUT2D eigenvalue weighted by atomic mass is 19.1. The van der Waals surface area contributed by atoms with Crippen LogP contribution in [-0.2, 0) is 0 Å². The second-order valence-corrected chi connectivity index (χ2v) is 17.8. The minimum Gasteiger partial charge on any atom is -0.310 e. The minimum absolute atomic E-state index is 0.368. The third-order valence-corrected chi connectivity index (χ3v) is 13.3. The minimum atomic E-state index is -0.396. The molecule has 12 rings (SSSR count). The van der Waals surface area contributed by atoms with Gasteiger partial charge in [0.2, 0.25) is 0 Å². The largest absolute Gasteiger partial charge is 0.310 e. The first-order valence-corrected chi connectivity index (χ1v) is 23.3. The maximum Gasteiger partial charge on any atom is 0.123 e. The summed E-state index contributed by atoms with van der Waals surface area (Å²) in [5.74, 6) is -2.26. The first kappa shape index (κ1) is 44.1. The quantitative estimate of drug-likeness (QED) is 0.0996. The highest BCUT2D eigenvalue weighted by Crippen LogP contribution is 2.49. The average molecular weight is 949 g/mol. The van der Waals surface area contributed by atoms with Crippen molar-refractivity contribution in [2.75, 3.05) is 9.80 Å². The number of hydrogen-bond donors (Lipinski definition) is 0. The Hall–Kier alpha value is -9.14. The van der Waals surface area contributed by atoms with E-state index in [9.17, 15) is 26.3 Å². The van der Waals surface area contributed by atoms with Crippen molar-refractivity contribution in [3.05, 3.63) is 265 Å². The molecule has 8 heteroatoms. The fourth-order valence-electron chi connectivity index (χ4n) is 9.91. The van der Waals surface area contributed by atoms with Crippen LogP contribution < -0.4 is 9.80 Å². The van der Waals surface area contributed by atoms with Gasteiger partial charge in [-0.2, -0.15) is 0 Å². The SMILES string of the molecule is Fc1ccc(-c2cc(-c3ccc(F)cc3)cc(N(c3ccc(F)cc3)c3ccc4ccc5c(N(c6ccc(F)cc6)c6cc(-c7ccc(F)cc7)cc(-c7ccc(F)cc7)c6)ccc6ccc3c4c65)c2)cc1. The van der Waals surface area contributed by atoms with Crippen LogP contribution in [0, 0.1) is 34.9 Å². The summed E-state index contributed by atoms with van der Waals surface area (Å²) in [5.41, 5.74) is 10.6. The second kappa shape index (κ2) is 18.0. The maximum absolute atomic E-state index is 14.8. The van der Waals surface area contributed by atoms with Crippen LogP contribution >= 0.6 is 0 Å². The van der Waals surface area contributed by atoms with Gasteiger partial charge in [0, 0.05) is 33.5 Å². The van der Waals surface area contributed by atoms with Crippen molar-refractivity contribution in [2.45, 2.75) is 0 Å². The molecule has 0 amide bonds. The molecule has 0 aromatic heterocycles. The van der Waals surface area contributed by atoms with Crippen LogP contribution in [0.5, 0.6) is 0 Å². The summed E-state index contributed by atoms with van der Waals surface area (Å²) in [5, 5.41) is 5.67. The summed E-state index contributed by atoms with van der Waals surface area (Å²) in [6.07, 6.45) is 0. The lowest BCUT2D eigenvalue weighted by atomic mass is 9.91. The van der Waals surface area contributed by atoms with E-state index in [-0.39, 0.29) is 23.3 Å². The molecule has 0 aliphatic heterocycles. The molecule has 72 heavy (non-hydrogen) atoms. The average Bonchev–Trinajstić information content (AvgIpc) is 3.40. The monoisotopic (exact) mass is 948 g/mol. The lowest BCUT2D eigenvalue weighted by Crippen LogP contribution is -2.12. The molecule has 0 bridgehead atoms. The fourth-order valence-corrected chi connectivity index (χ4v) is 9.91. The molecule has 2 nitrogen and oxygen atoms in total. The second-order valence-electron chi connectivity index (χ2n) is 17.8. The molecule has 12 aromatic rings. The van der Waals surface area contributed by atoms with E-state index in [0.717, 1.165) is 99.6 Å². The first-order valence-electron chi connectivity index (χ1n) is 23.3. The summed E-state index contributed by atoms with van der Waals surface area (Å²) < 4.78 is 86.9. The van der Waals surface area contributed by atoms with E-state index in [0.29, 0.717) is 11.4 Å². The number of benzene rings is 12. The maximum atomic E-state index is 14.8. The lowest BCUT2D eigenvalue weighted by molar-refractivity contribution is 0.627. The Kier molecular flexibility index (Phi) is 11.0. The predicted molar refractivity (Wildman–Crippen MR) is 281 cm³/mol. The molecule has 0 atom stereocenters. The van der Waals surface area contributed by atoms with Gasteiger partial charge in [-0.3, -0.25) is 0 Å². The normalized spacial score (nSPS) is 11.5. The van der Waals surface area contributed by atoms with Crippen molar-refractivity contribution in [2.24, 2.45) is 0 Å². The van der Waals surface area contributed by atoms with E-state index in [1.54, 1.807) is 72.8 Å². The zero-order valence-corrected chi connectivity index (χ0v) is 38.1. The van der Waals surface area contributed by atoms with Crippen LogP contribution in [0.4, 0.5) is 60.5 Å². The standard InChI is InChI=1S/C64H38F6N2/c65-49-13-1-39(2-14-49)45-33-46(40-3-15-50(66)16-4-40)36-57(35-45)71(55-25-21-53(69)22-26-55)61-31-11-43-10-30-60-62(32-12-44-9-29-59(61)63(43)64(44)60)72(56-27-23-54(70)24-28-56)58-37-47(41-5-17-51(67)18-6-41)34-48(38-58)42-7-19-52(68)20-8-42/h1-38H. The zero-order valence-electron chi connectivity index (χ0n) is 38.1. The molecule has 0 aliphatic rings. The van der Waals surface area contributed by atoms with Crippen LogP contribution in [0.15, 0.2) is 231 Å². The highest BCUT2D eigenvalue weighted by molar-refractivity contribution is 6.28. The number of halogens is 6. The van der Waals surface area contributed by atoms with Crippen LogP contribution in [-0.4, -0.2) is 0 Å². The van der Waals surface area contributed by atoms with Crippen molar-refractivity contribution >= 4 is 66.4 Å². The van der Waals surface area contributed by atoms with Gasteiger partial charge in [-0.1, -0.05) is 84.9 Å². The van der Waals surface area contributed by atoms with Gasteiger partial charge in [-0.15, -0.1) is 0 Å². The Labute approximate surface area is 410 Å². The van der Waals surface area contributed by atoms with E-state index < -0.39 is 11.6 Å². The van der Waals surface area contributed by atoms with Crippen molar-refractivity contribution in [1.29, 1.82) is 0 Å². The molecular weight excluding hydrogens is 911 g/mol. The fraction of sp³-hybridized carbons (Fsp3) is 0. The summed E-state index contributed by atoms with van der Waals surface area (Å²) in [4.78, 5) is 4.16. The third kappa shape index (κ3) is 8.22. The van der Waals surface area contributed by atoms with Crippen molar-refractivity contribution in [3.8, 4) is 44.5 Å². The van der Waals surface area contributed by atoms with E-state index in [1.165, 1.54) is 72.8 Å².